The van der Waals surface area contributed by atoms with Crippen molar-refractivity contribution >= 4 is 0 Å². The van der Waals surface area contributed by atoms with Crippen molar-refractivity contribution in [1.29, 1.82) is 0 Å². The minimum Gasteiger partial charge on any atom is -0.395 e. The predicted octanol–water partition coefficient (Wildman–Crippen LogP) is -1.83. The van der Waals surface area contributed by atoms with Gasteiger partial charge in [-0.2, -0.15) is 0 Å². The lowest BCUT2D eigenvalue weighted by molar-refractivity contribution is -0.147. The highest BCUT2D eigenvalue weighted by Gasteiger charge is 2.40. The van der Waals surface area contributed by atoms with Gasteiger partial charge in [-0.15, -0.1) is 0 Å². The molecule has 1 aliphatic heterocycles. The number of aliphatic hydroxyl groups is 4. The van der Waals surface area contributed by atoms with Crippen LogP contribution < -0.4 is 0 Å². The second kappa shape index (κ2) is 7.25. The van der Waals surface area contributed by atoms with E-state index in [-0.39, 0.29) is 13.2 Å². The lowest BCUT2D eigenvalue weighted by Gasteiger charge is -2.43. The van der Waals surface area contributed by atoms with Crippen LogP contribution in [0.2, 0.25) is 0 Å². The number of ether oxygens (including phenoxy) is 1. The van der Waals surface area contributed by atoms with E-state index in [0.29, 0.717) is 19.8 Å². The van der Waals surface area contributed by atoms with E-state index in [1.54, 1.807) is 4.90 Å². The fourth-order valence-corrected chi connectivity index (χ4v) is 2.06. The number of piperidine rings is 1. The normalized spacial score (nSPS) is 35.1. The summed E-state index contributed by atoms with van der Waals surface area (Å²) in [7, 11) is 0. The molecule has 0 aromatic rings. The van der Waals surface area contributed by atoms with Gasteiger partial charge in [0.1, 0.15) is 12.2 Å². The molecule has 1 aliphatic rings. The molecule has 4 atom stereocenters. The Morgan fingerprint density at radius 1 is 1.18 bits per heavy atom. The molecule has 0 aromatic carbocycles. The lowest BCUT2D eigenvalue weighted by Crippen LogP contribution is -2.62. The number of likely N-dealkylation sites (tertiary alicyclic amines) is 1. The zero-order valence-electron chi connectivity index (χ0n) is 10.2. The molecule has 0 amide bonds. The molecular weight excluding hydrogens is 226 g/mol. The quantitative estimate of drug-likeness (QED) is 0.414. The van der Waals surface area contributed by atoms with E-state index in [9.17, 15) is 20.4 Å². The average molecular weight is 249 g/mol. The number of nitrogens with zero attached hydrogens (tertiary/aromatic N) is 1. The number of rotatable bonds is 6. The van der Waals surface area contributed by atoms with Gasteiger partial charge in [0, 0.05) is 19.7 Å². The molecule has 4 N–H and O–H groups in total. The first kappa shape index (κ1) is 14.8. The van der Waals surface area contributed by atoms with Gasteiger partial charge >= 0.3 is 0 Å². The van der Waals surface area contributed by atoms with E-state index in [1.165, 1.54) is 0 Å². The molecule has 6 heteroatoms. The van der Waals surface area contributed by atoms with Gasteiger partial charge in [-0.3, -0.25) is 4.90 Å². The molecule has 1 saturated heterocycles. The summed E-state index contributed by atoms with van der Waals surface area (Å²) in [6.45, 7) is 3.68. The zero-order chi connectivity index (χ0) is 12.8. The van der Waals surface area contributed by atoms with Crippen LogP contribution in [0.15, 0.2) is 0 Å². The molecule has 0 spiro atoms. The summed E-state index contributed by atoms with van der Waals surface area (Å²) in [5.74, 6) is 0. The molecule has 1 heterocycles. The Balaban J connectivity index is 2.45. The van der Waals surface area contributed by atoms with Gasteiger partial charge in [0.2, 0.25) is 0 Å². The van der Waals surface area contributed by atoms with Crippen molar-refractivity contribution in [2.24, 2.45) is 0 Å². The van der Waals surface area contributed by atoms with Gasteiger partial charge in [-0.25, -0.2) is 0 Å². The monoisotopic (exact) mass is 249 g/mol. The molecule has 6 nitrogen and oxygen atoms in total. The van der Waals surface area contributed by atoms with E-state index in [2.05, 4.69) is 0 Å². The minimum atomic E-state index is -1.19. The van der Waals surface area contributed by atoms with E-state index >= 15 is 0 Å². The Kier molecular flexibility index (Phi) is 6.32. The molecule has 17 heavy (non-hydrogen) atoms. The minimum absolute atomic E-state index is 0.235. The Bertz CT molecular complexity index is 216. The maximum absolute atomic E-state index is 9.73. The van der Waals surface area contributed by atoms with Crippen LogP contribution in [0.25, 0.3) is 0 Å². The first-order valence-corrected chi connectivity index (χ1v) is 6.08. The number of hydrogen-bond donors (Lipinski definition) is 4. The maximum atomic E-state index is 9.73. The summed E-state index contributed by atoms with van der Waals surface area (Å²) in [5, 5.41) is 38.0. The Hall–Kier alpha value is -0.240. The Labute approximate surface area is 101 Å². The highest BCUT2D eigenvalue weighted by molar-refractivity contribution is 4.93. The van der Waals surface area contributed by atoms with E-state index in [1.807, 2.05) is 6.92 Å². The van der Waals surface area contributed by atoms with Crippen molar-refractivity contribution < 1.29 is 25.2 Å². The highest BCUT2D eigenvalue weighted by Crippen LogP contribution is 2.18. The Morgan fingerprint density at radius 2 is 1.88 bits per heavy atom. The van der Waals surface area contributed by atoms with Crippen LogP contribution in [-0.2, 0) is 4.74 Å². The second-order valence-corrected chi connectivity index (χ2v) is 4.41. The first-order chi connectivity index (χ1) is 8.11. The number of β-amino-alcohol motifs (C(OH)–C–C–N with tert-alkyl or cyclic N) is 1. The van der Waals surface area contributed by atoms with E-state index < -0.39 is 24.4 Å². The van der Waals surface area contributed by atoms with Crippen LogP contribution in [0.4, 0.5) is 0 Å². The van der Waals surface area contributed by atoms with Crippen LogP contribution in [0.3, 0.4) is 0 Å². The first-order valence-electron chi connectivity index (χ1n) is 6.08. The van der Waals surface area contributed by atoms with Crippen LogP contribution in [-0.4, -0.2) is 82.6 Å². The number of hydrogen-bond acceptors (Lipinski definition) is 6. The maximum Gasteiger partial charge on any atom is 0.109 e. The van der Waals surface area contributed by atoms with Gasteiger partial charge in [0.05, 0.1) is 25.4 Å². The van der Waals surface area contributed by atoms with Crippen molar-refractivity contribution in [2.75, 3.05) is 32.9 Å². The van der Waals surface area contributed by atoms with E-state index in [0.717, 1.165) is 6.42 Å². The van der Waals surface area contributed by atoms with Crippen molar-refractivity contribution in [3.8, 4) is 0 Å². The summed E-state index contributed by atoms with van der Waals surface area (Å²) in [4.78, 5) is 1.75. The van der Waals surface area contributed by atoms with Crippen molar-refractivity contribution in [3.05, 3.63) is 0 Å². The topological polar surface area (TPSA) is 93.4 Å². The van der Waals surface area contributed by atoms with Crippen molar-refractivity contribution in [3.63, 3.8) is 0 Å². The SMILES string of the molecule is CCCOCCN1C[C@H](O)[C@@H](O)[C@H](O)[C@H]1CO. The zero-order valence-corrected chi connectivity index (χ0v) is 10.2. The molecule has 1 fully saturated rings. The lowest BCUT2D eigenvalue weighted by atomic mass is 9.94. The smallest absolute Gasteiger partial charge is 0.109 e. The molecule has 102 valence electrons. The van der Waals surface area contributed by atoms with E-state index in [4.69, 9.17) is 4.74 Å². The van der Waals surface area contributed by atoms with Gasteiger partial charge in [0.15, 0.2) is 0 Å². The molecule has 0 unspecified atom stereocenters. The molecule has 0 aliphatic carbocycles. The van der Waals surface area contributed by atoms with Crippen LogP contribution in [0.5, 0.6) is 0 Å². The summed E-state index contributed by atoms with van der Waals surface area (Å²) in [6, 6.07) is -0.543. The third-order valence-electron chi connectivity index (χ3n) is 3.09. The summed E-state index contributed by atoms with van der Waals surface area (Å²) >= 11 is 0. The van der Waals surface area contributed by atoms with Crippen LogP contribution in [0, 0.1) is 0 Å². The third-order valence-corrected chi connectivity index (χ3v) is 3.09. The van der Waals surface area contributed by atoms with Gasteiger partial charge in [0.25, 0.3) is 0 Å². The largest absolute Gasteiger partial charge is 0.395 e. The van der Waals surface area contributed by atoms with Crippen LogP contribution >= 0.6 is 0 Å². The molecule has 0 aromatic heterocycles. The second-order valence-electron chi connectivity index (χ2n) is 4.41. The summed E-state index contributed by atoms with van der Waals surface area (Å²) in [5.41, 5.74) is 0. The van der Waals surface area contributed by atoms with Crippen LogP contribution in [0.1, 0.15) is 13.3 Å². The third kappa shape index (κ3) is 3.87. The molecular formula is C11H23NO5. The molecule has 1 rings (SSSR count). The molecule has 0 bridgehead atoms. The van der Waals surface area contributed by atoms with Crippen molar-refractivity contribution in [2.45, 2.75) is 37.7 Å². The standard InChI is InChI=1S/C11H23NO5/c1-2-4-17-5-3-12-6-9(14)11(16)10(15)8(12)7-13/h8-11,13-16H,2-7H2,1H3/t8-,9+,10-,11-/m1/s1. The predicted molar refractivity (Wildman–Crippen MR) is 61.6 cm³/mol. The summed E-state index contributed by atoms with van der Waals surface area (Å²) in [6.07, 6.45) is -2.37. The highest BCUT2D eigenvalue weighted by atomic mass is 16.5. The summed E-state index contributed by atoms with van der Waals surface area (Å²) < 4.78 is 5.33. The number of aliphatic hydroxyl groups excluding tert-OH is 4. The van der Waals surface area contributed by atoms with Gasteiger partial charge in [-0.1, -0.05) is 6.92 Å². The van der Waals surface area contributed by atoms with Crippen molar-refractivity contribution in [1.82, 2.24) is 4.90 Å². The van der Waals surface area contributed by atoms with Gasteiger partial charge in [-0.05, 0) is 6.42 Å². The molecule has 0 saturated carbocycles. The fraction of sp³-hybridized carbons (Fsp3) is 1.00. The fourth-order valence-electron chi connectivity index (χ4n) is 2.06. The Morgan fingerprint density at radius 3 is 2.47 bits per heavy atom. The average Bonchev–Trinajstić information content (AvgIpc) is 2.32. The molecule has 0 radical (unpaired) electrons. The van der Waals surface area contributed by atoms with Gasteiger partial charge < -0.3 is 25.2 Å².